The molecule has 0 saturated carbocycles. The molecule has 11 heteroatoms. The lowest BCUT2D eigenvalue weighted by molar-refractivity contribution is -0.0964. The number of hydrogen-bond donors (Lipinski definition) is 2. The average Bonchev–Trinajstić information content (AvgIpc) is 2.70. The Hall–Kier alpha value is -3.53. The maximum Gasteiger partial charge on any atom is 0.487 e. The highest BCUT2D eigenvalue weighted by molar-refractivity contribution is 6.20. The summed E-state index contributed by atoms with van der Waals surface area (Å²) in [7, 11) is 3.23. The molecule has 0 radical (unpaired) electrons. The van der Waals surface area contributed by atoms with Gasteiger partial charge in [-0.25, -0.2) is 9.97 Å². The van der Waals surface area contributed by atoms with E-state index in [1.165, 1.54) is 47.4 Å². The van der Waals surface area contributed by atoms with Crippen molar-refractivity contribution in [2.24, 2.45) is 7.05 Å². The van der Waals surface area contributed by atoms with Crippen LogP contribution in [0.2, 0.25) is 0 Å². The molecule has 0 aliphatic rings. The van der Waals surface area contributed by atoms with Crippen LogP contribution in [0.25, 0.3) is 11.3 Å². The molecule has 0 fully saturated rings. The SMILES string of the molecule is CNc1ncc(C(=O)Nc2ccc(OC(F)(F)Cl)cc2)cc1-c1cc(=O)n(C)cn1. The molecule has 0 atom stereocenters. The zero-order valence-electron chi connectivity index (χ0n) is 15.8. The number of hydrogen-bond acceptors (Lipinski definition) is 6. The van der Waals surface area contributed by atoms with Crippen LogP contribution in [0.15, 0.2) is 53.7 Å². The van der Waals surface area contributed by atoms with Crippen molar-refractivity contribution < 1.29 is 18.3 Å². The number of rotatable bonds is 6. The molecule has 1 amide bonds. The fourth-order valence-electron chi connectivity index (χ4n) is 2.54. The fraction of sp³-hybridized carbons (Fsp3) is 0.158. The second-order valence-corrected chi connectivity index (χ2v) is 6.56. The predicted molar refractivity (Wildman–Crippen MR) is 108 cm³/mol. The zero-order chi connectivity index (χ0) is 21.9. The van der Waals surface area contributed by atoms with Gasteiger partial charge in [-0.1, -0.05) is 0 Å². The van der Waals surface area contributed by atoms with E-state index in [2.05, 4.69) is 25.3 Å². The summed E-state index contributed by atoms with van der Waals surface area (Å²) in [5, 5.41) is 5.51. The van der Waals surface area contributed by atoms with Crippen molar-refractivity contribution in [3.8, 4) is 17.0 Å². The third-order valence-corrected chi connectivity index (χ3v) is 4.06. The van der Waals surface area contributed by atoms with Crippen molar-refractivity contribution >= 4 is 29.0 Å². The minimum absolute atomic E-state index is 0.160. The van der Waals surface area contributed by atoms with E-state index in [0.29, 0.717) is 22.8 Å². The number of nitrogens with one attached hydrogen (secondary N) is 2. The second kappa shape index (κ2) is 8.46. The second-order valence-electron chi connectivity index (χ2n) is 6.12. The number of aromatic nitrogens is 3. The van der Waals surface area contributed by atoms with Crippen LogP contribution < -0.4 is 20.9 Å². The van der Waals surface area contributed by atoms with Gasteiger partial charge in [-0.3, -0.25) is 9.59 Å². The van der Waals surface area contributed by atoms with Crippen LogP contribution in [-0.4, -0.2) is 33.1 Å². The van der Waals surface area contributed by atoms with Gasteiger partial charge in [0, 0.05) is 49.2 Å². The lowest BCUT2D eigenvalue weighted by atomic mass is 10.1. The van der Waals surface area contributed by atoms with Gasteiger partial charge in [0.05, 0.1) is 17.6 Å². The van der Waals surface area contributed by atoms with Crippen LogP contribution in [0.3, 0.4) is 0 Å². The lowest BCUT2D eigenvalue weighted by Crippen LogP contribution is -2.17. The van der Waals surface area contributed by atoms with Crippen molar-refractivity contribution in [3.63, 3.8) is 0 Å². The highest BCUT2D eigenvalue weighted by Crippen LogP contribution is 2.27. The van der Waals surface area contributed by atoms with Gasteiger partial charge in [-0.2, -0.15) is 0 Å². The van der Waals surface area contributed by atoms with Gasteiger partial charge in [0.15, 0.2) is 0 Å². The molecule has 0 spiro atoms. The van der Waals surface area contributed by atoms with Gasteiger partial charge in [-0.15, -0.1) is 8.78 Å². The topological polar surface area (TPSA) is 98.1 Å². The first-order valence-corrected chi connectivity index (χ1v) is 8.92. The summed E-state index contributed by atoms with van der Waals surface area (Å²) in [6.07, 6.45) is 2.73. The number of nitrogens with zero attached hydrogens (tertiary/aromatic N) is 3. The van der Waals surface area contributed by atoms with Gasteiger partial charge < -0.3 is 19.9 Å². The number of carbonyl (C=O) groups excluding carboxylic acids is 1. The van der Waals surface area contributed by atoms with Gasteiger partial charge in [0.2, 0.25) is 0 Å². The number of ether oxygens (including phenoxy) is 1. The van der Waals surface area contributed by atoms with E-state index in [9.17, 15) is 18.4 Å². The largest absolute Gasteiger partial charge is 0.487 e. The monoisotopic (exact) mass is 435 g/mol. The minimum atomic E-state index is -3.83. The lowest BCUT2D eigenvalue weighted by Gasteiger charge is -2.12. The Morgan fingerprint density at radius 2 is 1.90 bits per heavy atom. The molecular formula is C19H16ClF2N5O3. The predicted octanol–water partition coefficient (Wildman–Crippen LogP) is 3.30. The highest BCUT2D eigenvalue weighted by atomic mass is 35.5. The number of alkyl halides is 3. The standard InChI is InChI=1S/C19H16ClF2N5O3/c1-23-17-14(15-8-16(28)27(2)10-25-15)7-11(9-24-17)18(29)26-12-3-5-13(6-4-12)30-19(20,21)22/h3-10H,1-2H3,(H,23,24)(H,26,29). The molecule has 0 bridgehead atoms. The van der Waals surface area contributed by atoms with Crippen LogP contribution in [0.1, 0.15) is 10.4 Å². The Balaban J connectivity index is 1.84. The Labute approximate surface area is 174 Å². The molecule has 3 aromatic rings. The molecule has 3 rings (SSSR count). The maximum absolute atomic E-state index is 12.7. The Morgan fingerprint density at radius 3 is 2.50 bits per heavy atom. The third-order valence-electron chi connectivity index (χ3n) is 3.99. The molecule has 8 nitrogen and oxygen atoms in total. The van der Waals surface area contributed by atoms with Crippen LogP contribution in [-0.2, 0) is 7.05 Å². The molecule has 2 heterocycles. The number of amides is 1. The fourth-order valence-corrected chi connectivity index (χ4v) is 2.62. The molecule has 0 aliphatic heterocycles. The summed E-state index contributed by atoms with van der Waals surface area (Å²) >= 11 is 4.72. The Bertz CT molecular complexity index is 1130. The van der Waals surface area contributed by atoms with Gasteiger partial charge in [0.25, 0.3) is 11.5 Å². The van der Waals surface area contributed by atoms with Crippen LogP contribution in [0.5, 0.6) is 5.75 Å². The summed E-state index contributed by atoms with van der Waals surface area (Å²) in [4.78, 5) is 32.9. The maximum atomic E-state index is 12.7. The summed E-state index contributed by atoms with van der Waals surface area (Å²) in [5.74, 6) is -0.213. The van der Waals surface area contributed by atoms with Crippen molar-refractivity contribution in [3.05, 3.63) is 64.8 Å². The molecule has 2 aromatic heterocycles. The summed E-state index contributed by atoms with van der Waals surface area (Å²) in [6.45, 7) is 0. The molecule has 1 aromatic carbocycles. The van der Waals surface area contributed by atoms with E-state index in [0.717, 1.165) is 0 Å². The number of aryl methyl sites for hydroxylation is 1. The molecule has 30 heavy (non-hydrogen) atoms. The van der Waals surface area contributed by atoms with Gasteiger partial charge >= 0.3 is 5.57 Å². The molecule has 0 aliphatic carbocycles. The Kier molecular flexibility index (Phi) is 5.97. The number of pyridine rings is 1. The number of benzene rings is 1. The first-order chi connectivity index (χ1) is 14.2. The minimum Gasteiger partial charge on any atom is -0.420 e. The van der Waals surface area contributed by atoms with E-state index in [4.69, 9.17) is 11.6 Å². The third kappa shape index (κ3) is 5.09. The van der Waals surface area contributed by atoms with Crippen LogP contribution in [0, 0.1) is 0 Å². The molecular weight excluding hydrogens is 420 g/mol. The average molecular weight is 436 g/mol. The van der Waals surface area contributed by atoms with Gasteiger partial charge in [0.1, 0.15) is 11.6 Å². The summed E-state index contributed by atoms with van der Waals surface area (Å²) in [5.41, 5.74) is -2.71. The van der Waals surface area contributed by atoms with E-state index in [1.807, 2.05) is 0 Å². The number of anilines is 2. The van der Waals surface area contributed by atoms with E-state index < -0.39 is 11.5 Å². The summed E-state index contributed by atoms with van der Waals surface area (Å²) < 4.78 is 30.9. The van der Waals surface area contributed by atoms with Gasteiger partial charge in [-0.05, 0) is 30.3 Å². The van der Waals surface area contributed by atoms with E-state index in [1.54, 1.807) is 20.2 Å². The zero-order valence-corrected chi connectivity index (χ0v) is 16.6. The molecule has 156 valence electrons. The number of halogens is 3. The smallest absolute Gasteiger partial charge is 0.420 e. The molecule has 2 N–H and O–H groups in total. The number of carbonyl (C=O) groups is 1. The van der Waals surface area contributed by atoms with Crippen molar-refractivity contribution in [1.29, 1.82) is 0 Å². The van der Waals surface area contributed by atoms with Crippen LogP contribution >= 0.6 is 11.6 Å². The van der Waals surface area contributed by atoms with Crippen molar-refractivity contribution in [1.82, 2.24) is 14.5 Å². The summed E-state index contributed by atoms with van der Waals surface area (Å²) in [6, 6.07) is 8.13. The van der Waals surface area contributed by atoms with Crippen molar-refractivity contribution in [2.45, 2.75) is 5.57 Å². The quantitative estimate of drug-likeness (QED) is 0.576. The van der Waals surface area contributed by atoms with Crippen molar-refractivity contribution in [2.75, 3.05) is 17.7 Å². The first kappa shape index (κ1) is 21.2. The highest BCUT2D eigenvalue weighted by Gasteiger charge is 2.27. The normalized spacial score (nSPS) is 11.1. The molecule has 0 unspecified atom stereocenters. The van der Waals surface area contributed by atoms with Crippen LogP contribution in [0.4, 0.5) is 20.3 Å². The van der Waals surface area contributed by atoms with E-state index >= 15 is 0 Å². The first-order valence-electron chi connectivity index (χ1n) is 8.54. The van der Waals surface area contributed by atoms with E-state index in [-0.39, 0.29) is 16.9 Å². The molecule has 0 saturated heterocycles. The Morgan fingerprint density at radius 1 is 1.20 bits per heavy atom.